The summed E-state index contributed by atoms with van der Waals surface area (Å²) in [4.78, 5) is 11.5. The number of rotatable bonds is 5. The maximum absolute atomic E-state index is 4.20. The Balaban J connectivity index is 2.27. The Kier molecular flexibility index (Phi) is 4.69. The first-order valence-corrected chi connectivity index (χ1v) is 4.93. The molecule has 0 radical (unpaired) electrons. The molecule has 0 fully saturated rings. The summed E-state index contributed by atoms with van der Waals surface area (Å²) in [6, 6.07) is 0. The van der Waals surface area contributed by atoms with Gasteiger partial charge in [0.15, 0.2) is 0 Å². The summed E-state index contributed by atoms with van der Waals surface area (Å²) in [6.45, 7) is 2.01. The lowest BCUT2D eigenvalue weighted by atomic mass is 10.1. The van der Waals surface area contributed by atoms with Crippen LogP contribution >= 0.6 is 0 Å². The Bertz CT molecular complexity index is 296. The third-order valence-electron chi connectivity index (χ3n) is 2.05. The van der Waals surface area contributed by atoms with Crippen LogP contribution in [0.5, 0.6) is 0 Å². The van der Waals surface area contributed by atoms with Crippen LogP contribution in [0.25, 0.3) is 0 Å². The van der Waals surface area contributed by atoms with Gasteiger partial charge in [0, 0.05) is 31.6 Å². The van der Waals surface area contributed by atoms with Gasteiger partial charge < -0.3 is 4.98 Å². The molecule has 1 rings (SSSR count). The van der Waals surface area contributed by atoms with Crippen molar-refractivity contribution in [1.29, 1.82) is 0 Å². The molecule has 14 heavy (non-hydrogen) atoms. The van der Waals surface area contributed by atoms with Gasteiger partial charge in [-0.15, -0.1) is 0 Å². The average molecular weight is 191 g/mol. The molecule has 0 unspecified atom stereocenters. The van der Waals surface area contributed by atoms with Crippen molar-refractivity contribution in [3.05, 3.63) is 30.4 Å². The van der Waals surface area contributed by atoms with Crippen LogP contribution in [0.3, 0.4) is 0 Å². The van der Waals surface area contributed by atoms with E-state index in [4.69, 9.17) is 0 Å². The molecule has 3 nitrogen and oxygen atoms in total. The van der Waals surface area contributed by atoms with E-state index in [9.17, 15) is 0 Å². The lowest BCUT2D eigenvalue weighted by Gasteiger charge is -1.98. The fraction of sp³-hybridized carbons (Fsp3) is 0.455. The van der Waals surface area contributed by atoms with Gasteiger partial charge in [-0.2, -0.15) is 0 Å². The number of hydrogen-bond donors (Lipinski definition) is 1. The maximum atomic E-state index is 4.20. The monoisotopic (exact) mass is 191 g/mol. The summed E-state index contributed by atoms with van der Waals surface area (Å²) < 4.78 is 0. The lowest BCUT2D eigenvalue weighted by molar-refractivity contribution is 0.817. The molecule has 3 heteroatoms. The fourth-order valence-electron chi connectivity index (χ4n) is 1.33. The molecule has 1 N–H and O–H groups in total. The second-order valence-electron chi connectivity index (χ2n) is 3.10. The van der Waals surface area contributed by atoms with Crippen molar-refractivity contribution in [2.24, 2.45) is 4.99 Å². The molecule has 0 aliphatic carbocycles. The molecule has 0 saturated carbocycles. The topological polar surface area (TPSA) is 41.0 Å². The Labute approximate surface area is 85.0 Å². The lowest BCUT2D eigenvalue weighted by Crippen LogP contribution is -1.96. The number of aromatic nitrogens is 2. The number of hydrogen-bond acceptors (Lipinski definition) is 2. The zero-order valence-electron chi connectivity index (χ0n) is 8.83. The number of nitrogens with zero attached hydrogens (tertiary/aromatic N) is 2. The van der Waals surface area contributed by atoms with Crippen molar-refractivity contribution >= 4 is 5.71 Å². The van der Waals surface area contributed by atoms with E-state index in [0.29, 0.717) is 0 Å². The molecule has 0 aromatic carbocycles. The molecule has 0 spiro atoms. The number of nitrogens with one attached hydrogen (secondary N) is 1. The van der Waals surface area contributed by atoms with Crippen LogP contribution in [-0.4, -0.2) is 22.7 Å². The third kappa shape index (κ3) is 3.56. The Morgan fingerprint density at radius 2 is 2.50 bits per heavy atom. The minimum Gasteiger partial charge on any atom is -0.349 e. The van der Waals surface area contributed by atoms with Crippen molar-refractivity contribution < 1.29 is 0 Å². The van der Waals surface area contributed by atoms with Crippen LogP contribution < -0.4 is 0 Å². The molecule has 0 saturated heterocycles. The van der Waals surface area contributed by atoms with Crippen molar-refractivity contribution in [3.63, 3.8) is 0 Å². The van der Waals surface area contributed by atoms with Crippen LogP contribution in [0, 0.1) is 0 Å². The largest absolute Gasteiger partial charge is 0.349 e. The number of aromatic amines is 1. The molecular weight excluding hydrogens is 174 g/mol. The third-order valence-corrected chi connectivity index (χ3v) is 2.05. The number of imidazole rings is 1. The van der Waals surface area contributed by atoms with E-state index in [2.05, 4.69) is 21.0 Å². The van der Waals surface area contributed by atoms with Crippen molar-refractivity contribution in [2.75, 3.05) is 7.05 Å². The van der Waals surface area contributed by atoms with Gasteiger partial charge in [0.25, 0.3) is 0 Å². The van der Waals surface area contributed by atoms with Gasteiger partial charge in [0.1, 0.15) is 5.82 Å². The predicted octanol–water partition coefficient (Wildman–Crippen LogP) is 2.38. The van der Waals surface area contributed by atoms with Gasteiger partial charge in [-0.05, 0) is 25.8 Å². The number of allylic oxidation sites excluding steroid dienone is 2. The zero-order valence-corrected chi connectivity index (χ0v) is 8.83. The smallest absolute Gasteiger partial charge is 0.106 e. The first-order chi connectivity index (χ1) is 6.86. The van der Waals surface area contributed by atoms with E-state index < -0.39 is 0 Å². The summed E-state index contributed by atoms with van der Waals surface area (Å²) in [5.74, 6) is 1.06. The van der Waals surface area contributed by atoms with Crippen LogP contribution in [0.1, 0.15) is 25.6 Å². The molecule has 0 aliphatic heterocycles. The standard InChI is InChI=1S/C11H17N3/c1-3-5-10(12-2)6-4-7-11-13-8-9-14-11/h3,5,8-9H,4,6-7H2,1-2H3,(H,13,14). The highest BCUT2D eigenvalue weighted by atomic mass is 14.9. The minimum atomic E-state index is 0.990. The summed E-state index contributed by atoms with van der Waals surface area (Å²) >= 11 is 0. The minimum absolute atomic E-state index is 0.990. The Morgan fingerprint density at radius 3 is 3.07 bits per heavy atom. The molecule has 0 atom stereocenters. The Hall–Kier alpha value is -1.38. The molecule has 1 aromatic heterocycles. The van der Waals surface area contributed by atoms with E-state index in [0.717, 1.165) is 30.8 Å². The van der Waals surface area contributed by atoms with Gasteiger partial charge in [-0.1, -0.05) is 6.08 Å². The zero-order chi connectivity index (χ0) is 10.2. The number of aryl methyl sites for hydroxylation is 1. The SMILES string of the molecule is CC=CC(CCCc1ncc[nH]1)=NC. The number of H-pyrrole nitrogens is 1. The van der Waals surface area contributed by atoms with Crippen molar-refractivity contribution in [1.82, 2.24) is 9.97 Å². The summed E-state index contributed by atoms with van der Waals surface area (Å²) in [6.07, 6.45) is 10.8. The molecule has 1 heterocycles. The highest BCUT2D eigenvalue weighted by Crippen LogP contribution is 2.01. The fourth-order valence-corrected chi connectivity index (χ4v) is 1.33. The van der Waals surface area contributed by atoms with Crippen LogP contribution in [0.4, 0.5) is 0 Å². The summed E-state index contributed by atoms with van der Waals surface area (Å²) in [5.41, 5.74) is 1.15. The molecule has 0 amide bonds. The van der Waals surface area contributed by atoms with Gasteiger partial charge in [-0.25, -0.2) is 4.98 Å². The van der Waals surface area contributed by atoms with Gasteiger partial charge in [-0.3, -0.25) is 4.99 Å². The molecular formula is C11H17N3. The normalized spacial score (nSPS) is 12.6. The second kappa shape index (κ2) is 6.13. The van der Waals surface area contributed by atoms with Crippen LogP contribution in [-0.2, 0) is 6.42 Å². The first kappa shape index (κ1) is 10.7. The van der Waals surface area contributed by atoms with E-state index in [1.165, 1.54) is 0 Å². The van der Waals surface area contributed by atoms with E-state index in [-0.39, 0.29) is 0 Å². The molecule has 1 aromatic rings. The van der Waals surface area contributed by atoms with E-state index in [1.807, 2.05) is 26.2 Å². The van der Waals surface area contributed by atoms with E-state index in [1.54, 1.807) is 6.20 Å². The highest BCUT2D eigenvalue weighted by molar-refractivity contribution is 5.94. The predicted molar refractivity (Wildman–Crippen MR) is 59.7 cm³/mol. The average Bonchev–Trinajstić information content (AvgIpc) is 2.69. The summed E-state index contributed by atoms with van der Waals surface area (Å²) in [7, 11) is 1.84. The molecule has 0 aliphatic rings. The van der Waals surface area contributed by atoms with Crippen molar-refractivity contribution in [3.8, 4) is 0 Å². The van der Waals surface area contributed by atoms with Crippen molar-refractivity contribution in [2.45, 2.75) is 26.2 Å². The number of aliphatic imine (C=N–C) groups is 1. The quantitative estimate of drug-likeness (QED) is 0.713. The Morgan fingerprint density at radius 1 is 1.64 bits per heavy atom. The van der Waals surface area contributed by atoms with Gasteiger partial charge >= 0.3 is 0 Å². The van der Waals surface area contributed by atoms with Crippen LogP contribution in [0.15, 0.2) is 29.5 Å². The first-order valence-electron chi connectivity index (χ1n) is 4.93. The van der Waals surface area contributed by atoms with E-state index >= 15 is 0 Å². The summed E-state index contributed by atoms with van der Waals surface area (Å²) in [5, 5.41) is 0. The second-order valence-corrected chi connectivity index (χ2v) is 3.10. The molecule has 76 valence electrons. The van der Waals surface area contributed by atoms with Gasteiger partial charge in [0.05, 0.1) is 0 Å². The van der Waals surface area contributed by atoms with Gasteiger partial charge in [0.2, 0.25) is 0 Å². The van der Waals surface area contributed by atoms with Crippen LogP contribution in [0.2, 0.25) is 0 Å². The maximum Gasteiger partial charge on any atom is 0.106 e. The highest BCUT2D eigenvalue weighted by Gasteiger charge is 1.97. The molecule has 0 bridgehead atoms.